The van der Waals surface area contributed by atoms with Gasteiger partial charge in [0.2, 0.25) is 0 Å². The molecule has 0 aromatic rings. The van der Waals surface area contributed by atoms with Gasteiger partial charge >= 0.3 is 12.2 Å². The Bertz CT molecular complexity index is 624. The van der Waals surface area contributed by atoms with E-state index < -0.39 is 0 Å². The summed E-state index contributed by atoms with van der Waals surface area (Å²) >= 11 is 0. The topological polar surface area (TPSA) is 76.7 Å². The maximum Gasteiger partial charge on any atom is 0.407 e. The van der Waals surface area contributed by atoms with Gasteiger partial charge in [0.05, 0.1) is 13.2 Å². The first-order valence-corrected chi connectivity index (χ1v) is 13.7. The van der Waals surface area contributed by atoms with Crippen molar-refractivity contribution in [2.45, 2.75) is 126 Å². The van der Waals surface area contributed by atoms with Crippen LogP contribution in [-0.2, 0) is 9.47 Å². The maximum absolute atomic E-state index is 12.6. The fourth-order valence-corrected chi connectivity index (χ4v) is 5.97. The number of ether oxygens (including phenoxy) is 2. The van der Waals surface area contributed by atoms with Crippen LogP contribution in [0, 0.1) is 21.7 Å². The van der Waals surface area contributed by atoms with Crippen molar-refractivity contribution in [1.82, 2.24) is 10.6 Å². The average Bonchev–Trinajstić information content (AvgIpc) is 2.79. The molecule has 6 nitrogen and oxygen atoms in total. The van der Waals surface area contributed by atoms with E-state index in [1.165, 1.54) is 0 Å². The summed E-state index contributed by atoms with van der Waals surface area (Å²) in [5.41, 5.74) is 0.0513. The van der Waals surface area contributed by atoms with Crippen molar-refractivity contribution in [2.24, 2.45) is 21.7 Å². The number of nitrogens with one attached hydrogen (secondary N) is 2. The largest absolute Gasteiger partial charge is 0.449 e. The van der Waals surface area contributed by atoms with E-state index in [4.69, 9.17) is 9.47 Å². The molecule has 0 aromatic heterocycles. The number of carbonyl (C=O) groups excluding carboxylic acids is 2. The van der Waals surface area contributed by atoms with Gasteiger partial charge in [-0.3, -0.25) is 0 Å². The van der Waals surface area contributed by atoms with E-state index in [0.717, 1.165) is 57.8 Å². The van der Waals surface area contributed by atoms with Gasteiger partial charge in [0.25, 0.3) is 0 Å². The van der Waals surface area contributed by atoms with Crippen molar-refractivity contribution < 1.29 is 19.1 Å². The zero-order chi connectivity index (χ0) is 26.0. The minimum Gasteiger partial charge on any atom is -0.449 e. The molecular formula is C28H54N2O4. The van der Waals surface area contributed by atoms with Gasteiger partial charge in [-0.2, -0.15) is 0 Å². The maximum atomic E-state index is 12.6. The SMILES string of the molecule is CCC(CC)(CC)COC(=O)NCC1(C)CC(NC(=O)OCC(CC)(CC)CC)CC(C)(C)C1. The summed E-state index contributed by atoms with van der Waals surface area (Å²) < 4.78 is 11.3. The molecule has 0 aliphatic heterocycles. The lowest BCUT2D eigenvalue weighted by Gasteiger charge is -2.46. The van der Waals surface area contributed by atoms with Gasteiger partial charge in [0, 0.05) is 23.4 Å². The molecule has 0 spiro atoms. The van der Waals surface area contributed by atoms with Crippen LogP contribution in [0.1, 0.15) is 120 Å². The van der Waals surface area contributed by atoms with Crippen LogP contribution in [0.25, 0.3) is 0 Å². The highest BCUT2D eigenvalue weighted by Gasteiger charge is 2.42. The van der Waals surface area contributed by atoms with E-state index >= 15 is 0 Å². The van der Waals surface area contributed by atoms with E-state index in [1.54, 1.807) is 0 Å². The second-order valence-corrected chi connectivity index (χ2v) is 12.0. The van der Waals surface area contributed by atoms with E-state index in [1.807, 2.05) is 0 Å². The molecule has 200 valence electrons. The Morgan fingerprint density at radius 2 is 1.21 bits per heavy atom. The van der Waals surface area contributed by atoms with Gasteiger partial charge in [-0.1, -0.05) is 62.3 Å². The molecule has 0 aromatic carbocycles. The predicted molar refractivity (Wildman–Crippen MR) is 140 cm³/mol. The van der Waals surface area contributed by atoms with E-state index in [2.05, 4.69) is 72.9 Å². The van der Waals surface area contributed by atoms with Gasteiger partial charge < -0.3 is 20.1 Å². The highest BCUT2D eigenvalue weighted by Crippen LogP contribution is 2.46. The molecule has 2 amide bonds. The predicted octanol–water partition coefficient (Wildman–Crippen LogP) is 7.46. The zero-order valence-corrected chi connectivity index (χ0v) is 23.7. The van der Waals surface area contributed by atoms with Crippen LogP contribution in [0.15, 0.2) is 0 Å². The van der Waals surface area contributed by atoms with Crippen molar-refractivity contribution in [3.63, 3.8) is 0 Å². The van der Waals surface area contributed by atoms with Crippen molar-refractivity contribution in [3.05, 3.63) is 0 Å². The Hall–Kier alpha value is -1.46. The Balaban J connectivity index is 2.67. The lowest BCUT2D eigenvalue weighted by Crippen LogP contribution is -2.50. The molecule has 0 bridgehead atoms. The number of hydrogen-bond donors (Lipinski definition) is 2. The van der Waals surface area contributed by atoms with Gasteiger partial charge in [-0.25, -0.2) is 9.59 Å². The van der Waals surface area contributed by atoms with E-state index in [-0.39, 0.29) is 39.9 Å². The van der Waals surface area contributed by atoms with Crippen LogP contribution in [-0.4, -0.2) is 38.0 Å². The van der Waals surface area contributed by atoms with Gasteiger partial charge in [-0.15, -0.1) is 0 Å². The first kappa shape index (κ1) is 30.6. The van der Waals surface area contributed by atoms with E-state index in [9.17, 15) is 9.59 Å². The van der Waals surface area contributed by atoms with Crippen LogP contribution in [0.4, 0.5) is 9.59 Å². The molecule has 1 fully saturated rings. The van der Waals surface area contributed by atoms with Crippen LogP contribution in [0.2, 0.25) is 0 Å². The molecule has 1 rings (SSSR count). The molecule has 1 aliphatic rings. The summed E-state index contributed by atoms with van der Waals surface area (Å²) in [6.45, 7) is 21.1. The lowest BCUT2D eigenvalue weighted by molar-refractivity contribution is 0.0442. The molecule has 34 heavy (non-hydrogen) atoms. The third-order valence-corrected chi connectivity index (χ3v) is 8.94. The fraction of sp³-hybridized carbons (Fsp3) is 0.929. The Morgan fingerprint density at radius 1 is 0.765 bits per heavy atom. The smallest absolute Gasteiger partial charge is 0.407 e. The summed E-state index contributed by atoms with van der Waals surface area (Å²) in [5.74, 6) is 0. The first-order chi connectivity index (χ1) is 15.9. The summed E-state index contributed by atoms with van der Waals surface area (Å²) in [6.07, 6.45) is 7.99. The number of alkyl carbamates (subject to hydrolysis) is 2. The summed E-state index contributed by atoms with van der Waals surface area (Å²) in [5, 5.41) is 6.14. The Labute approximate surface area is 209 Å². The van der Waals surface area contributed by atoms with Crippen LogP contribution in [0.3, 0.4) is 0 Å². The highest BCUT2D eigenvalue weighted by molar-refractivity contribution is 5.68. The summed E-state index contributed by atoms with van der Waals surface area (Å²) in [7, 11) is 0. The second-order valence-electron chi connectivity index (χ2n) is 12.0. The molecule has 2 unspecified atom stereocenters. The Kier molecular flexibility index (Phi) is 11.7. The van der Waals surface area contributed by atoms with Crippen molar-refractivity contribution in [3.8, 4) is 0 Å². The number of amides is 2. The highest BCUT2D eigenvalue weighted by atomic mass is 16.6. The first-order valence-electron chi connectivity index (χ1n) is 13.7. The van der Waals surface area contributed by atoms with Crippen molar-refractivity contribution in [2.75, 3.05) is 19.8 Å². The number of rotatable bonds is 13. The fourth-order valence-electron chi connectivity index (χ4n) is 5.97. The minimum absolute atomic E-state index is 0.0197. The van der Waals surface area contributed by atoms with Crippen molar-refractivity contribution in [1.29, 1.82) is 0 Å². The van der Waals surface area contributed by atoms with Gasteiger partial charge in [-0.05, 0) is 68.6 Å². The van der Waals surface area contributed by atoms with Crippen LogP contribution >= 0.6 is 0 Å². The van der Waals surface area contributed by atoms with Gasteiger partial charge in [0.1, 0.15) is 0 Å². The second kappa shape index (κ2) is 13.0. The molecule has 1 saturated carbocycles. The molecule has 0 heterocycles. The quantitative estimate of drug-likeness (QED) is 0.286. The zero-order valence-electron chi connectivity index (χ0n) is 23.7. The normalized spacial score (nSPS) is 22.7. The number of carbonyl (C=O) groups is 2. The molecule has 0 saturated heterocycles. The van der Waals surface area contributed by atoms with Gasteiger partial charge in [0.15, 0.2) is 0 Å². The summed E-state index contributed by atoms with van der Waals surface area (Å²) in [6, 6.07) is 0.0197. The minimum atomic E-state index is -0.344. The summed E-state index contributed by atoms with van der Waals surface area (Å²) in [4.78, 5) is 25.1. The lowest BCUT2D eigenvalue weighted by atomic mass is 9.62. The molecule has 2 atom stereocenters. The molecule has 1 aliphatic carbocycles. The van der Waals surface area contributed by atoms with Crippen LogP contribution in [0.5, 0.6) is 0 Å². The third-order valence-electron chi connectivity index (χ3n) is 8.94. The number of hydrogen-bond acceptors (Lipinski definition) is 4. The molecular weight excluding hydrogens is 428 g/mol. The van der Waals surface area contributed by atoms with E-state index in [0.29, 0.717) is 19.8 Å². The molecule has 6 heteroatoms. The Morgan fingerprint density at radius 3 is 1.65 bits per heavy atom. The molecule has 2 N–H and O–H groups in total. The average molecular weight is 483 g/mol. The monoisotopic (exact) mass is 482 g/mol. The van der Waals surface area contributed by atoms with Crippen LogP contribution < -0.4 is 10.6 Å². The third kappa shape index (κ3) is 8.96. The molecule has 0 radical (unpaired) electrons. The standard InChI is InChI=1S/C28H54N2O4/c1-10-27(11-2,12-3)20-33-23(31)29-19-26(9)17-22(16-25(7,8)18-26)30-24(32)34-21-28(13-4,14-5)15-6/h22H,10-21H2,1-9H3,(H,29,31)(H,30,32). The van der Waals surface area contributed by atoms with Crippen molar-refractivity contribution >= 4 is 12.2 Å².